The van der Waals surface area contributed by atoms with Crippen molar-refractivity contribution in [3.63, 3.8) is 0 Å². The van der Waals surface area contributed by atoms with Gasteiger partial charge >= 0.3 is 12.1 Å². The van der Waals surface area contributed by atoms with Crippen molar-refractivity contribution < 1.29 is 28.9 Å². The predicted molar refractivity (Wildman–Crippen MR) is 141 cm³/mol. The van der Waals surface area contributed by atoms with E-state index in [1.165, 1.54) is 0 Å². The summed E-state index contributed by atoms with van der Waals surface area (Å²) in [5.41, 5.74) is 2.84. The maximum atomic E-state index is 13.8. The van der Waals surface area contributed by atoms with Crippen molar-refractivity contribution in [1.29, 1.82) is 0 Å². The fourth-order valence-electron chi connectivity index (χ4n) is 5.60. The number of pyridine rings is 2. The molecule has 0 radical (unpaired) electrons. The lowest BCUT2D eigenvalue weighted by Crippen LogP contribution is -2.47. The van der Waals surface area contributed by atoms with Gasteiger partial charge in [-0.05, 0) is 48.2 Å². The van der Waals surface area contributed by atoms with Crippen molar-refractivity contribution in [2.75, 3.05) is 0 Å². The summed E-state index contributed by atoms with van der Waals surface area (Å²) < 4.78 is 18.0. The van der Waals surface area contributed by atoms with Crippen molar-refractivity contribution in [2.45, 2.75) is 52.0 Å². The number of ether oxygens (including phenoxy) is 3. The summed E-state index contributed by atoms with van der Waals surface area (Å²) in [4.78, 5) is 44.6. The fourth-order valence-corrected chi connectivity index (χ4v) is 5.60. The van der Waals surface area contributed by atoms with E-state index in [1.807, 2.05) is 25.1 Å². The summed E-state index contributed by atoms with van der Waals surface area (Å²) >= 11 is 0. The lowest BCUT2D eigenvalue weighted by molar-refractivity contribution is -0.175. The number of fused-ring (bicyclic) bond motifs is 5. The first kappa shape index (κ1) is 24.7. The maximum absolute atomic E-state index is 13.8. The van der Waals surface area contributed by atoms with E-state index >= 15 is 0 Å². The average Bonchev–Trinajstić information content (AvgIpc) is 3.31. The van der Waals surface area contributed by atoms with Crippen LogP contribution in [-0.2, 0) is 50.8 Å². The minimum atomic E-state index is -1.84. The SMILES string of the molecule is CCc1c2c(nc3ccc(O)cc13)-c1cc3c(c(=O)n1C2)COC(=O)[C@@]3(CC)OC(=O)OCc1ccccc1. The molecule has 4 aromatic rings. The van der Waals surface area contributed by atoms with Crippen LogP contribution in [0.15, 0.2) is 59.4 Å². The zero-order chi connectivity index (χ0) is 27.3. The summed E-state index contributed by atoms with van der Waals surface area (Å²) in [7, 11) is 0. The molecule has 0 unspecified atom stereocenters. The molecule has 198 valence electrons. The highest BCUT2D eigenvalue weighted by Gasteiger charge is 2.51. The number of hydrogen-bond donors (Lipinski definition) is 1. The van der Waals surface area contributed by atoms with Crippen LogP contribution >= 0.6 is 0 Å². The highest BCUT2D eigenvalue weighted by molar-refractivity contribution is 5.90. The van der Waals surface area contributed by atoms with Crippen LogP contribution in [0.5, 0.6) is 5.75 Å². The van der Waals surface area contributed by atoms with Crippen LogP contribution in [0.2, 0.25) is 0 Å². The van der Waals surface area contributed by atoms with E-state index in [0.717, 1.165) is 22.1 Å². The van der Waals surface area contributed by atoms with Gasteiger partial charge in [0.15, 0.2) is 0 Å². The number of aromatic nitrogens is 2. The molecule has 0 saturated carbocycles. The third-order valence-corrected chi connectivity index (χ3v) is 7.57. The van der Waals surface area contributed by atoms with Crippen LogP contribution in [0.4, 0.5) is 4.79 Å². The Kier molecular flexibility index (Phi) is 5.86. The topological polar surface area (TPSA) is 117 Å². The van der Waals surface area contributed by atoms with Crippen LogP contribution in [0.25, 0.3) is 22.3 Å². The number of cyclic esters (lactones) is 1. The molecule has 2 aromatic carbocycles. The third kappa shape index (κ3) is 3.84. The highest BCUT2D eigenvalue weighted by atomic mass is 16.7. The van der Waals surface area contributed by atoms with Crippen LogP contribution < -0.4 is 5.56 Å². The maximum Gasteiger partial charge on any atom is 0.510 e. The first-order valence-electron chi connectivity index (χ1n) is 12.8. The number of aryl methyl sites for hydroxylation is 1. The van der Waals surface area contributed by atoms with Crippen LogP contribution in [0.3, 0.4) is 0 Å². The summed E-state index contributed by atoms with van der Waals surface area (Å²) in [6.07, 6.45) is -0.326. The van der Waals surface area contributed by atoms with E-state index in [4.69, 9.17) is 19.2 Å². The molecule has 0 aliphatic carbocycles. The first-order valence-corrected chi connectivity index (χ1v) is 12.8. The van der Waals surface area contributed by atoms with E-state index in [9.17, 15) is 19.5 Å². The zero-order valence-corrected chi connectivity index (χ0v) is 21.5. The number of esters is 1. The second-order valence-corrected chi connectivity index (χ2v) is 9.67. The van der Waals surface area contributed by atoms with Crippen molar-refractivity contribution >= 4 is 23.0 Å². The molecule has 1 atom stereocenters. The Morgan fingerprint density at radius 2 is 1.90 bits per heavy atom. The number of rotatable bonds is 5. The number of phenols is 1. The van der Waals surface area contributed by atoms with Gasteiger partial charge in [-0.15, -0.1) is 0 Å². The highest BCUT2D eigenvalue weighted by Crippen LogP contribution is 2.42. The molecule has 0 amide bonds. The Hall–Kier alpha value is -4.66. The smallest absolute Gasteiger partial charge is 0.508 e. The van der Waals surface area contributed by atoms with Crippen LogP contribution in [0, 0.1) is 0 Å². The Morgan fingerprint density at radius 1 is 1.10 bits per heavy atom. The first-order chi connectivity index (χ1) is 18.9. The largest absolute Gasteiger partial charge is 0.510 e. The zero-order valence-electron chi connectivity index (χ0n) is 21.5. The summed E-state index contributed by atoms with van der Waals surface area (Å²) in [6, 6.07) is 15.8. The van der Waals surface area contributed by atoms with Crippen molar-refractivity contribution in [1.82, 2.24) is 9.55 Å². The molecule has 0 fully saturated rings. The fraction of sp³-hybridized carbons (Fsp3) is 0.267. The molecule has 1 N–H and O–H groups in total. The van der Waals surface area contributed by atoms with Crippen molar-refractivity contribution in [3.05, 3.63) is 92.8 Å². The average molecular weight is 527 g/mol. The van der Waals surface area contributed by atoms with E-state index in [-0.39, 0.29) is 42.1 Å². The molecule has 2 aromatic heterocycles. The van der Waals surface area contributed by atoms with E-state index < -0.39 is 17.7 Å². The van der Waals surface area contributed by atoms with Gasteiger partial charge in [0.2, 0.25) is 5.60 Å². The van der Waals surface area contributed by atoms with Crippen molar-refractivity contribution in [3.8, 4) is 17.1 Å². The number of aromatic hydroxyl groups is 1. The molecule has 2 aliphatic heterocycles. The minimum Gasteiger partial charge on any atom is -0.508 e. The Morgan fingerprint density at radius 3 is 2.64 bits per heavy atom. The monoisotopic (exact) mass is 526 g/mol. The van der Waals surface area contributed by atoms with Gasteiger partial charge in [-0.25, -0.2) is 14.6 Å². The normalized spacial score (nSPS) is 17.2. The predicted octanol–water partition coefficient (Wildman–Crippen LogP) is 4.71. The molecule has 39 heavy (non-hydrogen) atoms. The standard InChI is InChI=1S/C30H26N2O7/c1-3-19-20-12-18(33)10-11-24(20)31-26-21(19)14-32-25(26)13-23-22(27(32)34)16-37-28(35)30(23,4-2)39-29(36)38-15-17-8-6-5-7-9-17/h5-13,33H,3-4,14-16H2,1-2H3/t30-/m0/s1. The molecular formula is C30H26N2O7. The molecule has 6 rings (SSSR count). The molecule has 0 bridgehead atoms. The van der Waals surface area contributed by atoms with Gasteiger partial charge in [-0.1, -0.05) is 44.2 Å². The van der Waals surface area contributed by atoms with Gasteiger partial charge in [0.1, 0.15) is 19.0 Å². The summed E-state index contributed by atoms with van der Waals surface area (Å²) in [6.45, 7) is 3.74. The van der Waals surface area contributed by atoms with Gasteiger partial charge < -0.3 is 23.9 Å². The van der Waals surface area contributed by atoms with Crippen molar-refractivity contribution in [2.24, 2.45) is 0 Å². The quantitative estimate of drug-likeness (QED) is 0.327. The number of nitrogens with zero attached hydrogens (tertiary/aromatic N) is 2. The number of carbonyl (C=O) groups excluding carboxylic acids is 2. The van der Waals surface area contributed by atoms with Gasteiger partial charge in [0, 0.05) is 16.5 Å². The molecule has 0 saturated heterocycles. The Bertz CT molecular complexity index is 1710. The second-order valence-electron chi connectivity index (χ2n) is 9.67. The van der Waals surface area contributed by atoms with E-state index in [2.05, 4.69) is 0 Å². The van der Waals surface area contributed by atoms with Gasteiger partial charge in [0.05, 0.1) is 29.0 Å². The Labute approximate surface area is 223 Å². The van der Waals surface area contributed by atoms with Crippen LogP contribution in [-0.4, -0.2) is 26.8 Å². The number of benzene rings is 2. The lowest BCUT2D eigenvalue weighted by atomic mass is 9.85. The lowest BCUT2D eigenvalue weighted by Gasteiger charge is -2.35. The Balaban J connectivity index is 1.45. The number of carbonyl (C=O) groups is 2. The van der Waals surface area contributed by atoms with Gasteiger partial charge in [-0.2, -0.15) is 0 Å². The number of phenolic OH excluding ortho intramolecular Hbond substituents is 1. The number of hydrogen-bond acceptors (Lipinski definition) is 8. The molecule has 9 heteroatoms. The van der Waals surface area contributed by atoms with Gasteiger partial charge in [-0.3, -0.25) is 4.79 Å². The van der Waals surface area contributed by atoms with E-state index in [1.54, 1.807) is 47.9 Å². The minimum absolute atomic E-state index is 0.0338. The molecule has 0 spiro atoms. The molecule has 9 nitrogen and oxygen atoms in total. The summed E-state index contributed by atoms with van der Waals surface area (Å²) in [5, 5.41) is 10.9. The second kappa shape index (κ2) is 9.27. The van der Waals surface area contributed by atoms with Crippen LogP contribution in [0.1, 0.15) is 48.1 Å². The van der Waals surface area contributed by atoms with Gasteiger partial charge in [0.25, 0.3) is 5.56 Å². The molecular weight excluding hydrogens is 500 g/mol. The third-order valence-electron chi connectivity index (χ3n) is 7.57. The van der Waals surface area contributed by atoms with E-state index in [0.29, 0.717) is 29.9 Å². The molecule has 4 heterocycles. The molecule has 2 aliphatic rings. The summed E-state index contributed by atoms with van der Waals surface area (Å²) in [5.74, 6) is -0.616.